The van der Waals surface area contributed by atoms with Gasteiger partial charge in [-0.05, 0) is 29.7 Å². The van der Waals surface area contributed by atoms with Crippen molar-refractivity contribution in [3.05, 3.63) is 29.3 Å². The monoisotopic (exact) mass is 242 g/mol. The molecule has 0 bridgehead atoms. The van der Waals surface area contributed by atoms with Crippen molar-refractivity contribution in [1.82, 2.24) is 9.03 Å². The van der Waals surface area contributed by atoms with Crippen LogP contribution in [0.1, 0.15) is 11.1 Å². The quantitative estimate of drug-likeness (QED) is 0.779. The first-order chi connectivity index (χ1) is 7.53. The molecule has 2 N–H and O–H groups in total. The molecule has 2 rings (SSSR count). The van der Waals surface area contributed by atoms with Crippen molar-refractivity contribution in [2.45, 2.75) is 13.0 Å². The molecule has 0 saturated carbocycles. The fraction of sp³-hybridized carbons (Fsp3) is 0.400. The molecule has 1 aliphatic heterocycles. The summed E-state index contributed by atoms with van der Waals surface area (Å²) in [6.07, 6.45) is 0.677. The molecule has 0 saturated heterocycles. The molecule has 0 unspecified atom stereocenters. The van der Waals surface area contributed by atoms with Crippen LogP contribution in [0.2, 0.25) is 0 Å². The van der Waals surface area contributed by atoms with Crippen molar-refractivity contribution in [2.75, 3.05) is 13.6 Å². The third kappa shape index (κ3) is 2.04. The third-order valence-corrected chi connectivity index (χ3v) is 4.27. The fourth-order valence-corrected chi connectivity index (χ4v) is 2.75. The van der Waals surface area contributed by atoms with Crippen LogP contribution in [0.4, 0.5) is 0 Å². The molecule has 16 heavy (non-hydrogen) atoms. The SMILES string of the molecule is CNS(=O)(=O)N1CCc2ccc(O)cc2C1. The molecule has 0 radical (unpaired) electrons. The Balaban J connectivity index is 2.30. The lowest BCUT2D eigenvalue weighted by atomic mass is 10.0. The largest absolute Gasteiger partial charge is 0.508 e. The van der Waals surface area contributed by atoms with Gasteiger partial charge in [-0.3, -0.25) is 0 Å². The Morgan fingerprint density at radius 3 is 2.81 bits per heavy atom. The summed E-state index contributed by atoms with van der Waals surface area (Å²) in [6, 6.07) is 5.09. The van der Waals surface area contributed by atoms with Gasteiger partial charge in [-0.2, -0.15) is 12.7 Å². The van der Waals surface area contributed by atoms with Gasteiger partial charge in [0, 0.05) is 20.1 Å². The van der Waals surface area contributed by atoms with E-state index in [0.717, 1.165) is 11.1 Å². The molecule has 6 heteroatoms. The van der Waals surface area contributed by atoms with Crippen LogP contribution in [0.15, 0.2) is 18.2 Å². The van der Waals surface area contributed by atoms with Crippen LogP contribution in [0.25, 0.3) is 0 Å². The predicted molar refractivity (Wildman–Crippen MR) is 60.2 cm³/mol. The van der Waals surface area contributed by atoms with E-state index in [4.69, 9.17) is 0 Å². The minimum atomic E-state index is -3.38. The Labute approximate surface area is 94.9 Å². The van der Waals surface area contributed by atoms with Gasteiger partial charge in [-0.1, -0.05) is 6.07 Å². The molecule has 1 aromatic rings. The Kier molecular flexibility index (Phi) is 2.88. The summed E-state index contributed by atoms with van der Waals surface area (Å²) in [6.45, 7) is 0.786. The molecule has 0 fully saturated rings. The summed E-state index contributed by atoms with van der Waals surface area (Å²) in [5.74, 6) is 0.169. The molecule has 0 spiro atoms. The Hall–Kier alpha value is -1.11. The van der Waals surface area contributed by atoms with Crippen LogP contribution >= 0.6 is 0 Å². The number of phenols is 1. The molecule has 5 nitrogen and oxygen atoms in total. The highest BCUT2D eigenvalue weighted by Crippen LogP contribution is 2.24. The summed E-state index contributed by atoms with van der Waals surface area (Å²) in [5, 5.41) is 9.35. The van der Waals surface area contributed by atoms with Gasteiger partial charge >= 0.3 is 0 Å². The third-order valence-electron chi connectivity index (χ3n) is 2.76. The van der Waals surface area contributed by atoms with E-state index in [2.05, 4.69) is 4.72 Å². The second-order valence-electron chi connectivity index (χ2n) is 3.75. The highest BCUT2D eigenvalue weighted by atomic mass is 32.2. The number of aromatic hydroxyl groups is 1. The first-order valence-electron chi connectivity index (χ1n) is 5.02. The van der Waals surface area contributed by atoms with E-state index in [9.17, 15) is 13.5 Å². The van der Waals surface area contributed by atoms with Gasteiger partial charge in [0.25, 0.3) is 10.2 Å². The molecule has 1 aromatic carbocycles. The van der Waals surface area contributed by atoms with Gasteiger partial charge in [0.1, 0.15) is 5.75 Å². The number of phenolic OH excluding ortho intramolecular Hbond substituents is 1. The minimum absolute atomic E-state index is 0.169. The second kappa shape index (κ2) is 4.04. The van der Waals surface area contributed by atoms with Gasteiger partial charge in [0.15, 0.2) is 0 Å². The normalized spacial score (nSPS) is 17.1. The number of rotatable bonds is 2. The van der Waals surface area contributed by atoms with Gasteiger partial charge in [0.2, 0.25) is 0 Å². The zero-order chi connectivity index (χ0) is 11.8. The van der Waals surface area contributed by atoms with Crippen LogP contribution in [-0.2, 0) is 23.2 Å². The molecule has 0 aliphatic carbocycles. The molecular formula is C10H14N2O3S. The van der Waals surface area contributed by atoms with E-state index in [-0.39, 0.29) is 5.75 Å². The lowest BCUT2D eigenvalue weighted by Crippen LogP contribution is -2.41. The van der Waals surface area contributed by atoms with Crippen molar-refractivity contribution < 1.29 is 13.5 Å². The van der Waals surface area contributed by atoms with E-state index in [1.54, 1.807) is 12.1 Å². The fourth-order valence-electron chi connectivity index (χ4n) is 1.85. The Morgan fingerprint density at radius 2 is 2.12 bits per heavy atom. The minimum Gasteiger partial charge on any atom is -0.508 e. The lowest BCUT2D eigenvalue weighted by Gasteiger charge is -2.27. The topological polar surface area (TPSA) is 69.6 Å². The molecule has 1 heterocycles. The molecule has 0 amide bonds. The van der Waals surface area contributed by atoms with E-state index in [0.29, 0.717) is 19.5 Å². The smallest absolute Gasteiger partial charge is 0.279 e. The first-order valence-corrected chi connectivity index (χ1v) is 6.46. The first kappa shape index (κ1) is 11.4. The number of nitrogens with one attached hydrogen (secondary N) is 1. The summed E-state index contributed by atoms with van der Waals surface area (Å²) >= 11 is 0. The van der Waals surface area contributed by atoms with Crippen molar-refractivity contribution in [2.24, 2.45) is 0 Å². The zero-order valence-corrected chi connectivity index (χ0v) is 9.79. The summed E-state index contributed by atoms with van der Waals surface area (Å²) in [5.41, 5.74) is 1.96. The van der Waals surface area contributed by atoms with Gasteiger partial charge in [-0.15, -0.1) is 0 Å². The van der Waals surface area contributed by atoms with Crippen molar-refractivity contribution >= 4 is 10.2 Å². The Morgan fingerprint density at radius 1 is 1.38 bits per heavy atom. The molecular weight excluding hydrogens is 228 g/mol. The van der Waals surface area contributed by atoms with E-state index >= 15 is 0 Å². The standard InChI is InChI=1S/C10H14N2O3S/c1-11-16(14,15)12-5-4-8-2-3-10(13)6-9(8)7-12/h2-3,6,11,13H,4-5,7H2,1H3. The number of nitrogens with zero attached hydrogens (tertiary/aromatic N) is 1. The van der Waals surface area contributed by atoms with Crippen molar-refractivity contribution in [1.29, 1.82) is 0 Å². The average Bonchev–Trinajstić information content (AvgIpc) is 2.28. The maximum Gasteiger partial charge on any atom is 0.279 e. The molecule has 0 aromatic heterocycles. The maximum atomic E-state index is 11.6. The summed E-state index contributed by atoms with van der Waals surface area (Å²) < 4.78 is 26.9. The number of benzene rings is 1. The lowest BCUT2D eigenvalue weighted by molar-refractivity contribution is 0.384. The van der Waals surface area contributed by atoms with Crippen molar-refractivity contribution in [3.63, 3.8) is 0 Å². The van der Waals surface area contributed by atoms with Crippen LogP contribution in [0, 0.1) is 0 Å². The Bertz CT molecular complexity index is 499. The van der Waals surface area contributed by atoms with Crippen LogP contribution in [-0.4, -0.2) is 31.4 Å². The zero-order valence-electron chi connectivity index (χ0n) is 8.97. The summed E-state index contributed by atoms with van der Waals surface area (Å²) in [7, 11) is -1.98. The number of fused-ring (bicyclic) bond motifs is 1. The average molecular weight is 242 g/mol. The maximum absolute atomic E-state index is 11.6. The highest BCUT2D eigenvalue weighted by molar-refractivity contribution is 7.87. The van der Waals surface area contributed by atoms with Crippen LogP contribution < -0.4 is 4.72 Å². The van der Waals surface area contributed by atoms with Gasteiger partial charge in [-0.25, -0.2) is 4.72 Å². The van der Waals surface area contributed by atoms with Crippen LogP contribution in [0.3, 0.4) is 0 Å². The van der Waals surface area contributed by atoms with E-state index in [1.807, 2.05) is 6.07 Å². The van der Waals surface area contributed by atoms with Gasteiger partial charge < -0.3 is 5.11 Å². The molecule has 88 valence electrons. The number of hydrogen-bond acceptors (Lipinski definition) is 3. The van der Waals surface area contributed by atoms with Crippen LogP contribution in [0.5, 0.6) is 5.75 Å². The van der Waals surface area contributed by atoms with Crippen molar-refractivity contribution in [3.8, 4) is 5.75 Å². The molecule has 0 atom stereocenters. The summed E-state index contributed by atoms with van der Waals surface area (Å²) in [4.78, 5) is 0. The second-order valence-corrected chi connectivity index (χ2v) is 5.62. The molecule has 1 aliphatic rings. The predicted octanol–water partition coefficient (Wildman–Crippen LogP) is 0.214. The highest BCUT2D eigenvalue weighted by Gasteiger charge is 2.25. The number of hydrogen-bond donors (Lipinski definition) is 2. The van der Waals surface area contributed by atoms with E-state index in [1.165, 1.54) is 11.4 Å². The van der Waals surface area contributed by atoms with E-state index < -0.39 is 10.2 Å². The van der Waals surface area contributed by atoms with Gasteiger partial charge in [0.05, 0.1) is 0 Å².